The Labute approximate surface area is 123 Å². The Morgan fingerprint density at radius 3 is 2.78 bits per heavy atom. The first-order chi connectivity index (χ1) is 8.43. The van der Waals surface area contributed by atoms with Gasteiger partial charge in [0.05, 0.1) is 24.3 Å². The fraction of sp³-hybridized carbons (Fsp3) is 0.400. The van der Waals surface area contributed by atoms with Crippen molar-refractivity contribution in [2.75, 3.05) is 19.8 Å². The third-order valence-corrected chi connectivity index (χ3v) is 6.01. The van der Waals surface area contributed by atoms with E-state index in [0.29, 0.717) is 15.6 Å². The molecule has 1 aromatic carbocycles. The van der Waals surface area contributed by atoms with Gasteiger partial charge in [-0.3, -0.25) is 0 Å². The minimum Gasteiger partial charge on any atom is -0.377 e. The van der Waals surface area contributed by atoms with E-state index in [1.165, 1.54) is 4.31 Å². The van der Waals surface area contributed by atoms with Crippen molar-refractivity contribution in [2.24, 2.45) is 5.73 Å². The molecule has 0 bridgehead atoms. The molecule has 18 heavy (non-hydrogen) atoms. The molecule has 100 valence electrons. The molecule has 0 amide bonds. The van der Waals surface area contributed by atoms with Gasteiger partial charge in [-0.1, -0.05) is 15.9 Å². The van der Waals surface area contributed by atoms with Crippen LogP contribution in [0.15, 0.2) is 32.0 Å². The highest BCUT2D eigenvalue weighted by molar-refractivity contribution is 9.11. The molecule has 1 fully saturated rings. The van der Waals surface area contributed by atoms with Crippen molar-refractivity contribution in [3.8, 4) is 0 Å². The Kier molecular flexibility index (Phi) is 4.45. The molecule has 2 N–H and O–H groups in total. The summed E-state index contributed by atoms with van der Waals surface area (Å²) in [5, 5.41) is 0. The SMILES string of the molecule is NC1COCCN1S(=O)(=O)c1cc(Br)ccc1Br. The van der Waals surface area contributed by atoms with Crippen LogP contribution in [0.25, 0.3) is 0 Å². The fourth-order valence-corrected chi connectivity index (χ4v) is 4.66. The number of nitrogens with two attached hydrogens (primary N) is 1. The number of halogens is 2. The molecule has 1 atom stereocenters. The molecule has 1 aliphatic heterocycles. The summed E-state index contributed by atoms with van der Waals surface area (Å²) in [5.74, 6) is 0. The molecule has 0 radical (unpaired) electrons. The predicted molar refractivity (Wildman–Crippen MR) is 74.5 cm³/mol. The van der Waals surface area contributed by atoms with Gasteiger partial charge < -0.3 is 10.5 Å². The second kappa shape index (κ2) is 5.56. The molecule has 0 spiro atoms. The first-order valence-electron chi connectivity index (χ1n) is 5.23. The van der Waals surface area contributed by atoms with Crippen molar-refractivity contribution in [3.63, 3.8) is 0 Å². The van der Waals surface area contributed by atoms with Crippen LogP contribution in [0.4, 0.5) is 0 Å². The molecule has 1 aromatic rings. The van der Waals surface area contributed by atoms with E-state index < -0.39 is 16.2 Å². The van der Waals surface area contributed by atoms with E-state index in [1.54, 1.807) is 18.2 Å². The van der Waals surface area contributed by atoms with Gasteiger partial charge in [-0.2, -0.15) is 4.31 Å². The number of hydrogen-bond acceptors (Lipinski definition) is 4. The van der Waals surface area contributed by atoms with Gasteiger partial charge in [-0.25, -0.2) is 8.42 Å². The zero-order valence-corrected chi connectivity index (χ0v) is 13.3. The highest BCUT2D eigenvalue weighted by Crippen LogP contribution is 2.29. The first kappa shape index (κ1) is 14.4. The molecule has 1 unspecified atom stereocenters. The number of rotatable bonds is 2. The maximum absolute atomic E-state index is 12.5. The minimum atomic E-state index is -3.61. The lowest BCUT2D eigenvalue weighted by Gasteiger charge is -2.32. The average molecular weight is 400 g/mol. The number of morpholine rings is 1. The van der Waals surface area contributed by atoms with Gasteiger partial charge in [0.25, 0.3) is 0 Å². The maximum Gasteiger partial charge on any atom is 0.245 e. The van der Waals surface area contributed by atoms with E-state index >= 15 is 0 Å². The number of sulfonamides is 1. The molecule has 0 aliphatic carbocycles. The van der Waals surface area contributed by atoms with E-state index in [0.717, 1.165) is 0 Å². The topological polar surface area (TPSA) is 72.6 Å². The van der Waals surface area contributed by atoms with Crippen LogP contribution in [0.5, 0.6) is 0 Å². The molecule has 5 nitrogen and oxygen atoms in total. The Morgan fingerprint density at radius 2 is 2.11 bits per heavy atom. The zero-order valence-electron chi connectivity index (χ0n) is 9.34. The first-order valence-corrected chi connectivity index (χ1v) is 8.26. The molecule has 1 saturated heterocycles. The van der Waals surface area contributed by atoms with Crippen LogP contribution < -0.4 is 5.73 Å². The minimum absolute atomic E-state index is 0.203. The van der Waals surface area contributed by atoms with Gasteiger partial charge in [0, 0.05) is 15.5 Å². The maximum atomic E-state index is 12.5. The second-order valence-corrected chi connectivity index (χ2v) is 7.46. The highest BCUT2D eigenvalue weighted by Gasteiger charge is 2.33. The smallest absolute Gasteiger partial charge is 0.245 e. The van der Waals surface area contributed by atoms with Crippen LogP contribution in [0.1, 0.15) is 0 Å². The Hall–Kier alpha value is 0.01000. The largest absolute Gasteiger partial charge is 0.377 e. The zero-order chi connectivity index (χ0) is 13.3. The lowest BCUT2D eigenvalue weighted by Crippen LogP contribution is -2.53. The summed E-state index contributed by atoms with van der Waals surface area (Å²) < 4.78 is 32.7. The normalized spacial score (nSPS) is 22.1. The van der Waals surface area contributed by atoms with Gasteiger partial charge in [0.1, 0.15) is 0 Å². The second-order valence-electron chi connectivity index (χ2n) is 3.83. The molecular weight excluding hydrogens is 388 g/mol. The highest BCUT2D eigenvalue weighted by atomic mass is 79.9. The van der Waals surface area contributed by atoms with Crippen molar-refractivity contribution >= 4 is 41.9 Å². The van der Waals surface area contributed by atoms with Crippen molar-refractivity contribution in [3.05, 3.63) is 27.1 Å². The third kappa shape index (κ3) is 2.78. The third-order valence-electron chi connectivity index (χ3n) is 2.59. The average Bonchev–Trinajstić information content (AvgIpc) is 2.32. The quantitative estimate of drug-likeness (QED) is 0.818. The summed E-state index contributed by atoms with van der Waals surface area (Å²) in [6.07, 6.45) is -0.644. The predicted octanol–water partition coefficient (Wildman–Crippen LogP) is 1.52. The molecule has 8 heteroatoms. The van der Waals surface area contributed by atoms with Crippen LogP contribution in [0.2, 0.25) is 0 Å². The summed E-state index contributed by atoms with van der Waals surface area (Å²) >= 11 is 6.52. The van der Waals surface area contributed by atoms with E-state index in [-0.39, 0.29) is 18.0 Å². The Morgan fingerprint density at radius 1 is 1.39 bits per heavy atom. The molecule has 0 saturated carbocycles. The van der Waals surface area contributed by atoms with Crippen molar-refractivity contribution < 1.29 is 13.2 Å². The molecule has 1 heterocycles. The van der Waals surface area contributed by atoms with Crippen LogP contribution in [0, 0.1) is 0 Å². The Balaban J connectivity index is 2.44. The van der Waals surface area contributed by atoms with Crippen LogP contribution in [0.3, 0.4) is 0 Å². The lowest BCUT2D eigenvalue weighted by molar-refractivity contribution is 0.0350. The fourth-order valence-electron chi connectivity index (χ4n) is 1.71. The van der Waals surface area contributed by atoms with E-state index in [1.807, 2.05) is 0 Å². The van der Waals surface area contributed by atoms with Crippen LogP contribution in [-0.2, 0) is 14.8 Å². The standard InChI is InChI=1S/C10H12Br2N2O3S/c11-7-1-2-8(12)9(5-7)18(15,16)14-3-4-17-6-10(14)13/h1-2,5,10H,3-4,6,13H2. The van der Waals surface area contributed by atoms with Gasteiger partial charge in [0.2, 0.25) is 10.0 Å². The van der Waals surface area contributed by atoms with Gasteiger partial charge in [0.15, 0.2) is 0 Å². The van der Waals surface area contributed by atoms with Crippen LogP contribution >= 0.6 is 31.9 Å². The van der Waals surface area contributed by atoms with Crippen molar-refractivity contribution in [1.82, 2.24) is 4.31 Å². The van der Waals surface area contributed by atoms with E-state index in [2.05, 4.69) is 31.9 Å². The van der Waals surface area contributed by atoms with Crippen molar-refractivity contribution in [1.29, 1.82) is 0 Å². The van der Waals surface area contributed by atoms with E-state index in [4.69, 9.17) is 10.5 Å². The number of hydrogen-bond donors (Lipinski definition) is 1. The monoisotopic (exact) mass is 398 g/mol. The van der Waals surface area contributed by atoms with Gasteiger partial charge >= 0.3 is 0 Å². The summed E-state index contributed by atoms with van der Waals surface area (Å²) in [6, 6.07) is 5.01. The van der Waals surface area contributed by atoms with Gasteiger partial charge in [-0.05, 0) is 34.1 Å². The number of ether oxygens (including phenoxy) is 1. The number of benzene rings is 1. The molecule has 0 aromatic heterocycles. The van der Waals surface area contributed by atoms with Crippen molar-refractivity contribution in [2.45, 2.75) is 11.1 Å². The van der Waals surface area contributed by atoms with Gasteiger partial charge in [-0.15, -0.1) is 0 Å². The molecule has 2 rings (SSSR count). The summed E-state index contributed by atoms with van der Waals surface area (Å²) in [5.41, 5.74) is 5.79. The van der Waals surface area contributed by atoms with E-state index in [9.17, 15) is 8.42 Å². The molecular formula is C10H12Br2N2O3S. The molecule has 1 aliphatic rings. The lowest BCUT2D eigenvalue weighted by atomic mass is 10.4. The van der Waals surface area contributed by atoms with Crippen LogP contribution in [-0.4, -0.2) is 38.6 Å². The summed E-state index contributed by atoms with van der Waals surface area (Å²) in [7, 11) is -3.61. The summed E-state index contributed by atoms with van der Waals surface area (Å²) in [4.78, 5) is 0.203. The summed E-state index contributed by atoms with van der Waals surface area (Å²) in [6.45, 7) is 0.839. The number of nitrogens with zero attached hydrogens (tertiary/aromatic N) is 1. The Bertz CT molecular complexity index is 550.